The summed E-state index contributed by atoms with van der Waals surface area (Å²) in [6.07, 6.45) is 6.58. The molecule has 0 aliphatic heterocycles. The van der Waals surface area contributed by atoms with E-state index in [1.807, 2.05) is 0 Å². The van der Waals surface area contributed by atoms with Gasteiger partial charge in [-0.25, -0.2) is 0 Å². The van der Waals surface area contributed by atoms with Crippen LogP contribution in [-0.2, 0) is 4.79 Å². The second-order valence-electron chi connectivity index (χ2n) is 6.31. The van der Waals surface area contributed by atoms with Crippen LogP contribution in [0.15, 0.2) is 0 Å². The fourth-order valence-corrected chi connectivity index (χ4v) is 2.91. The van der Waals surface area contributed by atoms with Gasteiger partial charge in [0.2, 0.25) is 5.91 Å². The summed E-state index contributed by atoms with van der Waals surface area (Å²) >= 11 is 0. The number of nitrogens with two attached hydrogens (primary N) is 1. The second-order valence-corrected chi connectivity index (χ2v) is 6.31. The van der Waals surface area contributed by atoms with Gasteiger partial charge in [0.15, 0.2) is 0 Å². The molecule has 19 heavy (non-hydrogen) atoms. The highest BCUT2D eigenvalue weighted by atomic mass is 16.1. The lowest BCUT2D eigenvalue weighted by molar-refractivity contribution is -0.127. The summed E-state index contributed by atoms with van der Waals surface area (Å²) in [5.41, 5.74) is 5.62. The summed E-state index contributed by atoms with van der Waals surface area (Å²) in [6, 6.07) is 0.268. The van der Waals surface area contributed by atoms with Crippen molar-refractivity contribution >= 4 is 5.91 Å². The predicted molar refractivity (Wildman–Crippen MR) is 79.9 cm³/mol. The molecule has 1 saturated carbocycles. The Labute approximate surface area is 118 Å². The largest absolute Gasteiger partial charge is 0.353 e. The lowest BCUT2D eigenvalue weighted by Gasteiger charge is -2.29. The van der Waals surface area contributed by atoms with E-state index in [1.165, 1.54) is 12.8 Å². The van der Waals surface area contributed by atoms with E-state index in [9.17, 15) is 4.79 Å². The van der Waals surface area contributed by atoms with Crippen molar-refractivity contribution < 1.29 is 4.79 Å². The van der Waals surface area contributed by atoms with Crippen LogP contribution in [0.25, 0.3) is 0 Å². The van der Waals surface area contributed by atoms with Crippen molar-refractivity contribution in [3.05, 3.63) is 0 Å². The number of carbonyl (C=O) groups excluding carboxylic acids is 1. The van der Waals surface area contributed by atoms with Gasteiger partial charge in [-0.1, -0.05) is 12.8 Å². The molecule has 4 nitrogen and oxygen atoms in total. The molecule has 0 aromatic carbocycles. The van der Waals surface area contributed by atoms with Gasteiger partial charge in [-0.15, -0.1) is 0 Å². The van der Waals surface area contributed by atoms with Gasteiger partial charge >= 0.3 is 0 Å². The Hall–Kier alpha value is -0.610. The lowest BCUT2D eigenvalue weighted by Crippen LogP contribution is -2.40. The van der Waals surface area contributed by atoms with E-state index in [0.717, 1.165) is 38.8 Å². The average Bonchev–Trinajstić information content (AvgIpc) is 2.37. The van der Waals surface area contributed by atoms with Gasteiger partial charge in [0.05, 0.1) is 0 Å². The Kier molecular flexibility index (Phi) is 7.39. The first-order valence-corrected chi connectivity index (χ1v) is 7.68. The molecule has 0 heterocycles. The summed E-state index contributed by atoms with van der Waals surface area (Å²) in [6.45, 7) is 3.86. The van der Waals surface area contributed by atoms with Gasteiger partial charge in [-0.3, -0.25) is 4.79 Å². The Bertz CT molecular complexity index is 266. The molecule has 112 valence electrons. The van der Waals surface area contributed by atoms with E-state index in [2.05, 4.69) is 31.2 Å². The van der Waals surface area contributed by atoms with Gasteiger partial charge < -0.3 is 16.0 Å². The SMILES string of the molecule is CC(CCN(C)C)NC(=O)C1CCCC(CCN)C1. The van der Waals surface area contributed by atoms with Crippen molar-refractivity contribution in [1.82, 2.24) is 10.2 Å². The molecule has 4 heteroatoms. The smallest absolute Gasteiger partial charge is 0.223 e. The third kappa shape index (κ3) is 6.39. The summed E-state index contributed by atoms with van der Waals surface area (Å²) in [4.78, 5) is 14.4. The maximum atomic E-state index is 12.2. The van der Waals surface area contributed by atoms with Crippen molar-refractivity contribution in [2.75, 3.05) is 27.2 Å². The summed E-state index contributed by atoms with van der Waals surface area (Å²) in [5, 5.41) is 3.17. The molecule has 0 radical (unpaired) electrons. The van der Waals surface area contributed by atoms with Gasteiger partial charge in [-0.05, 0) is 65.7 Å². The second kappa shape index (κ2) is 8.54. The van der Waals surface area contributed by atoms with Crippen molar-refractivity contribution in [1.29, 1.82) is 0 Å². The van der Waals surface area contributed by atoms with Crippen LogP contribution < -0.4 is 11.1 Å². The first kappa shape index (κ1) is 16.4. The summed E-state index contributed by atoms with van der Waals surface area (Å²) in [5.74, 6) is 1.13. The fraction of sp³-hybridized carbons (Fsp3) is 0.933. The van der Waals surface area contributed by atoms with Gasteiger partial charge in [-0.2, -0.15) is 0 Å². The number of hydrogen-bond donors (Lipinski definition) is 2. The van der Waals surface area contributed by atoms with Gasteiger partial charge in [0, 0.05) is 12.0 Å². The molecule has 3 N–H and O–H groups in total. The molecule has 1 fully saturated rings. The molecule has 1 amide bonds. The van der Waals surface area contributed by atoms with Crippen molar-refractivity contribution in [2.45, 2.75) is 51.5 Å². The Morgan fingerprint density at radius 1 is 1.42 bits per heavy atom. The molecule has 1 rings (SSSR count). The zero-order chi connectivity index (χ0) is 14.3. The van der Waals surface area contributed by atoms with Crippen molar-refractivity contribution in [3.8, 4) is 0 Å². The third-order valence-electron chi connectivity index (χ3n) is 4.13. The van der Waals surface area contributed by atoms with Crippen LogP contribution in [0.3, 0.4) is 0 Å². The zero-order valence-electron chi connectivity index (χ0n) is 12.8. The van der Waals surface area contributed by atoms with Crippen LogP contribution in [-0.4, -0.2) is 44.0 Å². The molecule has 0 bridgehead atoms. The summed E-state index contributed by atoms with van der Waals surface area (Å²) in [7, 11) is 4.13. The number of carbonyl (C=O) groups is 1. The minimum absolute atomic E-state index is 0.215. The highest BCUT2D eigenvalue weighted by Crippen LogP contribution is 2.31. The van der Waals surface area contributed by atoms with Crippen molar-refractivity contribution in [3.63, 3.8) is 0 Å². The highest BCUT2D eigenvalue weighted by molar-refractivity contribution is 5.79. The third-order valence-corrected chi connectivity index (χ3v) is 4.13. The average molecular weight is 269 g/mol. The van der Waals surface area contributed by atoms with E-state index in [1.54, 1.807) is 0 Å². The number of nitrogens with one attached hydrogen (secondary N) is 1. The standard InChI is InChI=1S/C15H31N3O/c1-12(8-10-18(2)3)17-15(19)14-6-4-5-13(11-14)7-9-16/h12-14H,4-11,16H2,1-3H3,(H,17,19). The molecule has 3 unspecified atom stereocenters. The molecule has 0 aromatic rings. The molecule has 3 atom stereocenters. The quantitative estimate of drug-likeness (QED) is 0.738. The molecule has 1 aliphatic carbocycles. The van der Waals surface area contributed by atoms with Gasteiger partial charge in [0.1, 0.15) is 0 Å². The van der Waals surface area contributed by atoms with E-state index in [0.29, 0.717) is 5.92 Å². The zero-order valence-corrected chi connectivity index (χ0v) is 12.8. The summed E-state index contributed by atoms with van der Waals surface area (Å²) < 4.78 is 0. The number of nitrogens with zero attached hydrogens (tertiary/aromatic N) is 1. The van der Waals surface area contributed by atoms with Crippen molar-refractivity contribution in [2.24, 2.45) is 17.6 Å². The Morgan fingerprint density at radius 3 is 2.79 bits per heavy atom. The van der Waals surface area contributed by atoms with E-state index in [4.69, 9.17) is 5.73 Å². The van der Waals surface area contributed by atoms with Crippen LogP contribution >= 0.6 is 0 Å². The maximum Gasteiger partial charge on any atom is 0.223 e. The van der Waals surface area contributed by atoms with E-state index < -0.39 is 0 Å². The minimum Gasteiger partial charge on any atom is -0.353 e. The normalized spacial score (nSPS) is 25.3. The Morgan fingerprint density at radius 2 is 2.16 bits per heavy atom. The molecular weight excluding hydrogens is 238 g/mol. The Balaban J connectivity index is 2.31. The van der Waals surface area contributed by atoms with Gasteiger partial charge in [0.25, 0.3) is 0 Å². The van der Waals surface area contributed by atoms with E-state index >= 15 is 0 Å². The van der Waals surface area contributed by atoms with Crippen LogP contribution in [0.4, 0.5) is 0 Å². The number of rotatable bonds is 7. The molecule has 0 saturated heterocycles. The molecular formula is C15H31N3O. The predicted octanol–water partition coefficient (Wildman–Crippen LogP) is 1.60. The van der Waals surface area contributed by atoms with Crippen LogP contribution in [0, 0.1) is 11.8 Å². The molecule has 0 aromatic heterocycles. The number of hydrogen-bond acceptors (Lipinski definition) is 3. The highest BCUT2D eigenvalue weighted by Gasteiger charge is 2.27. The van der Waals surface area contributed by atoms with Crippen LogP contribution in [0.1, 0.15) is 45.4 Å². The monoisotopic (exact) mass is 269 g/mol. The first-order valence-electron chi connectivity index (χ1n) is 7.68. The maximum absolute atomic E-state index is 12.2. The van der Waals surface area contributed by atoms with Crippen LogP contribution in [0.2, 0.25) is 0 Å². The fourth-order valence-electron chi connectivity index (χ4n) is 2.91. The first-order chi connectivity index (χ1) is 9.02. The number of amides is 1. The van der Waals surface area contributed by atoms with Crippen LogP contribution in [0.5, 0.6) is 0 Å². The minimum atomic E-state index is 0.215. The lowest BCUT2D eigenvalue weighted by atomic mass is 9.79. The molecule has 0 spiro atoms. The topological polar surface area (TPSA) is 58.4 Å². The van der Waals surface area contributed by atoms with E-state index in [-0.39, 0.29) is 17.9 Å². The molecule has 1 aliphatic rings.